The van der Waals surface area contributed by atoms with Gasteiger partial charge in [-0.1, -0.05) is 19.3 Å². The van der Waals surface area contributed by atoms with Crippen molar-refractivity contribution < 1.29 is 8.42 Å². The molecule has 5 heteroatoms. The topological polar surface area (TPSA) is 61.2 Å². The minimum atomic E-state index is -2.85. The summed E-state index contributed by atoms with van der Waals surface area (Å²) in [6.07, 6.45) is 6.64. The monoisotopic (exact) mass is 258 g/mol. The van der Waals surface area contributed by atoms with E-state index in [-0.39, 0.29) is 5.75 Å². The first kappa shape index (κ1) is 12.9. The third-order valence-corrected chi connectivity index (χ3v) is 5.60. The number of sulfone groups is 1. The van der Waals surface area contributed by atoms with Gasteiger partial charge in [-0.25, -0.2) is 8.42 Å². The van der Waals surface area contributed by atoms with Crippen molar-refractivity contribution in [1.29, 1.82) is 5.41 Å². The molecule has 0 atom stereocenters. The van der Waals surface area contributed by atoms with Crippen molar-refractivity contribution in [1.82, 2.24) is 4.90 Å². The van der Waals surface area contributed by atoms with Crippen LogP contribution >= 0.6 is 0 Å². The zero-order valence-corrected chi connectivity index (χ0v) is 11.1. The van der Waals surface area contributed by atoms with Crippen LogP contribution < -0.4 is 0 Å². The van der Waals surface area contributed by atoms with Gasteiger partial charge in [0.25, 0.3) is 0 Å². The molecule has 0 bridgehead atoms. The maximum absolute atomic E-state index is 11.5. The summed E-state index contributed by atoms with van der Waals surface area (Å²) in [6.45, 7) is 1.27. The van der Waals surface area contributed by atoms with Crippen molar-refractivity contribution >= 4 is 15.7 Å². The van der Waals surface area contributed by atoms with Crippen LogP contribution in [-0.4, -0.2) is 43.7 Å². The first-order valence-electron chi connectivity index (χ1n) is 6.62. The summed E-state index contributed by atoms with van der Waals surface area (Å²) in [6, 6.07) is 0. The zero-order valence-electron chi connectivity index (χ0n) is 10.3. The first-order valence-corrected chi connectivity index (χ1v) is 8.44. The number of hydrogen-bond acceptors (Lipinski definition) is 3. The van der Waals surface area contributed by atoms with E-state index in [0.29, 0.717) is 30.5 Å². The first-order chi connectivity index (χ1) is 8.08. The van der Waals surface area contributed by atoms with E-state index >= 15 is 0 Å². The summed E-state index contributed by atoms with van der Waals surface area (Å²) < 4.78 is 23.0. The molecule has 0 radical (unpaired) electrons. The van der Waals surface area contributed by atoms with E-state index in [9.17, 15) is 8.42 Å². The van der Waals surface area contributed by atoms with Crippen LogP contribution in [0.4, 0.5) is 0 Å². The highest BCUT2D eigenvalue weighted by Crippen LogP contribution is 2.26. The van der Waals surface area contributed by atoms with Crippen LogP contribution in [0.5, 0.6) is 0 Å². The third-order valence-electron chi connectivity index (χ3n) is 3.89. The Morgan fingerprint density at radius 2 is 1.71 bits per heavy atom. The molecule has 0 spiro atoms. The number of hydrogen-bond donors (Lipinski definition) is 1. The SMILES string of the molecule is N=C(C1CCCCC1)N1CCCS(=O)(=O)CC1. The minimum absolute atomic E-state index is 0.224. The molecule has 4 nitrogen and oxygen atoms in total. The number of nitrogens with zero attached hydrogens (tertiary/aromatic N) is 1. The second-order valence-electron chi connectivity index (χ2n) is 5.21. The smallest absolute Gasteiger partial charge is 0.152 e. The summed E-state index contributed by atoms with van der Waals surface area (Å²) in [7, 11) is -2.85. The zero-order chi connectivity index (χ0) is 12.3. The Morgan fingerprint density at radius 3 is 2.41 bits per heavy atom. The number of nitrogens with one attached hydrogen (secondary N) is 1. The van der Waals surface area contributed by atoms with Crippen LogP contribution in [0.15, 0.2) is 0 Å². The highest BCUT2D eigenvalue weighted by atomic mass is 32.2. The van der Waals surface area contributed by atoms with Crippen LogP contribution in [0.2, 0.25) is 0 Å². The van der Waals surface area contributed by atoms with Gasteiger partial charge >= 0.3 is 0 Å². The lowest BCUT2D eigenvalue weighted by Crippen LogP contribution is -2.38. The fourth-order valence-corrected chi connectivity index (χ4v) is 4.09. The Hall–Kier alpha value is -0.580. The van der Waals surface area contributed by atoms with Gasteiger partial charge in [0.05, 0.1) is 17.3 Å². The molecule has 1 aliphatic heterocycles. The molecule has 1 saturated carbocycles. The Kier molecular flexibility index (Phi) is 4.07. The second-order valence-corrected chi connectivity index (χ2v) is 7.52. The van der Waals surface area contributed by atoms with Crippen LogP contribution in [0, 0.1) is 11.3 Å². The Balaban J connectivity index is 1.95. The lowest BCUT2D eigenvalue weighted by molar-refractivity contribution is 0.366. The number of rotatable bonds is 1. The highest BCUT2D eigenvalue weighted by Gasteiger charge is 2.26. The van der Waals surface area contributed by atoms with Crippen LogP contribution in [-0.2, 0) is 9.84 Å². The maximum Gasteiger partial charge on any atom is 0.152 e. The van der Waals surface area contributed by atoms with E-state index in [1.807, 2.05) is 4.90 Å². The summed E-state index contributed by atoms with van der Waals surface area (Å²) in [4.78, 5) is 2.00. The molecule has 1 saturated heterocycles. The molecule has 2 rings (SSSR count). The molecule has 0 aromatic rings. The molecule has 0 aromatic heterocycles. The van der Waals surface area contributed by atoms with Gasteiger partial charge < -0.3 is 4.90 Å². The lowest BCUT2D eigenvalue weighted by Gasteiger charge is -2.30. The van der Waals surface area contributed by atoms with E-state index < -0.39 is 9.84 Å². The minimum Gasteiger partial charge on any atom is -0.359 e. The lowest BCUT2D eigenvalue weighted by atomic mass is 9.88. The molecule has 0 aromatic carbocycles. The van der Waals surface area contributed by atoms with Crippen LogP contribution in [0.25, 0.3) is 0 Å². The Bertz CT molecular complexity index is 372. The van der Waals surface area contributed by atoms with E-state index in [0.717, 1.165) is 19.4 Å². The normalized spacial score (nSPS) is 26.5. The van der Waals surface area contributed by atoms with Crippen molar-refractivity contribution in [2.24, 2.45) is 5.92 Å². The molecular weight excluding hydrogens is 236 g/mol. The van der Waals surface area contributed by atoms with E-state index in [4.69, 9.17) is 5.41 Å². The van der Waals surface area contributed by atoms with Crippen molar-refractivity contribution in [3.63, 3.8) is 0 Å². The van der Waals surface area contributed by atoms with Gasteiger partial charge in [-0.05, 0) is 19.3 Å². The van der Waals surface area contributed by atoms with Crippen molar-refractivity contribution in [3.8, 4) is 0 Å². The second kappa shape index (κ2) is 5.38. The van der Waals surface area contributed by atoms with Gasteiger partial charge in [0, 0.05) is 19.0 Å². The molecule has 0 amide bonds. The van der Waals surface area contributed by atoms with E-state index in [1.165, 1.54) is 19.3 Å². The highest BCUT2D eigenvalue weighted by molar-refractivity contribution is 7.91. The Morgan fingerprint density at radius 1 is 1.00 bits per heavy atom. The number of amidine groups is 1. The third kappa shape index (κ3) is 3.44. The molecule has 1 heterocycles. The summed E-state index contributed by atoms with van der Waals surface area (Å²) >= 11 is 0. The molecule has 1 aliphatic carbocycles. The maximum atomic E-state index is 11.5. The van der Waals surface area contributed by atoms with Gasteiger partial charge in [-0.15, -0.1) is 0 Å². The summed E-state index contributed by atoms with van der Waals surface area (Å²) in [5.41, 5.74) is 0. The molecule has 98 valence electrons. The van der Waals surface area contributed by atoms with E-state index in [1.54, 1.807) is 0 Å². The average Bonchev–Trinajstić information content (AvgIpc) is 2.50. The molecule has 1 N–H and O–H groups in total. The van der Waals surface area contributed by atoms with Gasteiger partial charge in [0.1, 0.15) is 0 Å². The van der Waals surface area contributed by atoms with Crippen LogP contribution in [0.3, 0.4) is 0 Å². The Labute approximate surface area is 104 Å². The van der Waals surface area contributed by atoms with Crippen molar-refractivity contribution in [2.75, 3.05) is 24.6 Å². The van der Waals surface area contributed by atoms with Crippen LogP contribution in [0.1, 0.15) is 38.5 Å². The van der Waals surface area contributed by atoms with Crippen molar-refractivity contribution in [2.45, 2.75) is 38.5 Å². The predicted octanol–water partition coefficient (Wildman–Crippen LogP) is 1.66. The standard InChI is InChI=1S/C12H22N2O2S/c13-12(11-5-2-1-3-6-11)14-7-4-9-17(15,16)10-8-14/h11,13H,1-10H2. The summed E-state index contributed by atoms with van der Waals surface area (Å²) in [5, 5.41) is 8.24. The largest absolute Gasteiger partial charge is 0.359 e. The fraction of sp³-hybridized carbons (Fsp3) is 0.917. The van der Waals surface area contributed by atoms with Crippen molar-refractivity contribution in [3.05, 3.63) is 0 Å². The molecular formula is C12H22N2O2S. The fourth-order valence-electron chi connectivity index (χ4n) is 2.81. The van der Waals surface area contributed by atoms with Gasteiger partial charge in [-0.2, -0.15) is 0 Å². The predicted molar refractivity (Wildman–Crippen MR) is 69.1 cm³/mol. The molecule has 2 aliphatic rings. The van der Waals surface area contributed by atoms with Gasteiger partial charge in [0.2, 0.25) is 0 Å². The average molecular weight is 258 g/mol. The quantitative estimate of drug-likeness (QED) is 0.575. The van der Waals surface area contributed by atoms with Gasteiger partial charge in [-0.3, -0.25) is 5.41 Å². The van der Waals surface area contributed by atoms with Gasteiger partial charge in [0.15, 0.2) is 9.84 Å². The molecule has 0 unspecified atom stereocenters. The van der Waals surface area contributed by atoms with E-state index in [2.05, 4.69) is 0 Å². The molecule has 17 heavy (non-hydrogen) atoms. The summed E-state index contributed by atoms with van der Waals surface area (Å²) in [5.74, 6) is 1.59. The molecule has 2 fully saturated rings.